The highest BCUT2D eigenvalue weighted by Gasteiger charge is 2.31. The molecule has 0 saturated carbocycles. The second-order valence-electron chi connectivity index (χ2n) is 8.24. The summed E-state index contributed by atoms with van der Waals surface area (Å²) in [5.41, 5.74) is 2.77. The lowest BCUT2D eigenvalue weighted by Crippen LogP contribution is -2.36. The fraction of sp³-hybridized carbons (Fsp3) is 0.348. The second kappa shape index (κ2) is 8.92. The van der Waals surface area contributed by atoms with Gasteiger partial charge in [0.05, 0.1) is 10.6 Å². The van der Waals surface area contributed by atoms with Crippen LogP contribution < -0.4 is 4.90 Å². The Bertz CT molecular complexity index is 1270. The lowest BCUT2D eigenvalue weighted by Gasteiger charge is -2.22. The van der Waals surface area contributed by atoms with Crippen molar-refractivity contribution in [3.05, 3.63) is 54.1 Å². The van der Waals surface area contributed by atoms with Crippen LogP contribution in [0.5, 0.6) is 0 Å². The van der Waals surface area contributed by atoms with Gasteiger partial charge in [0.2, 0.25) is 21.8 Å². The maximum atomic E-state index is 12.9. The number of nitrogens with zero attached hydrogens (tertiary/aromatic N) is 4. The monoisotopic (exact) mass is 484 g/mol. The Morgan fingerprint density at radius 2 is 1.82 bits per heavy atom. The smallest absolute Gasteiger partial charge is 0.277 e. The number of para-hydroxylation sites is 1. The molecule has 0 unspecified atom stereocenters. The van der Waals surface area contributed by atoms with E-state index in [1.54, 1.807) is 24.3 Å². The Balaban J connectivity index is 1.24. The van der Waals surface area contributed by atoms with Gasteiger partial charge in [-0.05, 0) is 62.1 Å². The molecule has 2 aliphatic heterocycles. The Kier molecular flexibility index (Phi) is 5.98. The van der Waals surface area contributed by atoms with Gasteiger partial charge in [-0.3, -0.25) is 4.79 Å². The summed E-state index contributed by atoms with van der Waals surface area (Å²) in [6.07, 6.45) is 2.64. The molecule has 0 radical (unpaired) electrons. The van der Waals surface area contributed by atoms with Crippen molar-refractivity contribution in [3.8, 4) is 11.5 Å². The molecule has 33 heavy (non-hydrogen) atoms. The van der Waals surface area contributed by atoms with Crippen LogP contribution in [-0.2, 0) is 21.2 Å². The summed E-state index contributed by atoms with van der Waals surface area (Å²) in [5, 5.41) is 8.40. The lowest BCUT2D eigenvalue weighted by molar-refractivity contribution is -0.116. The molecule has 8 nitrogen and oxygen atoms in total. The number of amides is 1. The molecular formula is C23H24N4O4S2. The normalized spacial score (nSPS) is 18.6. The summed E-state index contributed by atoms with van der Waals surface area (Å²) in [6, 6.07) is 14.5. The molecule has 5 rings (SSSR count). The highest BCUT2D eigenvalue weighted by atomic mass is 32.2. The molecule has 0 bridgehead atoms. The van der Waals surface area contributed by atoms with E-state index in [2.05, 4.69) is 16.3 Å². The Morgan fingerprint density at radius 3 is 2.58 bits per heavy atom. The molecule has 1 aromatic heterocycles. The van der Waals surface area contributed by atoms with Crippen molar-refractivity contribution >= 4 is 33.4 Å². The van der Waals surface area contributed by atoms with Gasteiger partial charge < -0.3 is 9.32 Å². The van der Waals surface area contributed by atoms with Crippen LogP contribution in [0.1, 0.15) is 25.3 Å². The predicted octanol–water partition coefficient (Wildman–Crippen LogP) is 3.59. The molecule has 3 heterocycles. The molecule has 3 aromatic rings. The first-order valence-corrected chi connectivity index (χ1v) is 13.3. The summed E-state index contributed by atoms with van der Waals surface area (Å²) in [4.78, 5) is 15.0. The lowest BCUT2D eigenvalue weighted by atomic mass is 10.1. The third-order valence-corrected chi connectivity index (χ3v) is 8.72. The number of thioether (sulfide) groups is 1. The molecule has 1 atom stereocenters. The molecule has 0 aliphatic carbocycles. The van der Waals surface area contributed by atoms with Gasteiger partial charge in [0.25, 0.3) is 5.22 Å². The van der Waals surface area contributed by atoms with E-state index in [0.717, 1.165) is 24.9 Å². The minimum atomic E-state index is -3.46. The van der Waals surface area contributed by atoms with Crippen molar-refractivity contribution < 1.29 is 17.6 Å². The fourth-order valence-electron chi connectivity index (χ4n) is 4.37. The van der Waals surface area contributed by atoms with Crippen molar-refractivity contribution in [1.82, 2.24) is 14.5 Å². The summed E-state index contributed by atoms with van der Waals surface area (Å²) in [6.45, 7) is 3.17. The van der Waals surface area contributed by atoms with Gasteiger partial charge in [-0.2, -0.15) is 4.31 Å². The maximum absolute atomic E-state index is 12.9. The van der Waals surface area contributed by atoms with E-state index in [1.165, 1.54) is 21.6 Å². The number of benzene rings is 2. The molecule has 0 spiro atoms. The van der Waals surface area contributed by atoms with Gasteiger partial charge in [-0.1, -0.05) is 30.0 Å². The number of carbonyl (C=O) groups is 1. The zero-order valence-corrected chi connectivity index (χ0v) is 19.8. The van der Waals surface area contributed by atoms with Crippen molar-refractivity contribution in [2.24, 2.45) is 0 Å². The van der Waals surface area contributed by atoms with Crippen LogP contribution in [0.25, 0.3) is 11.5 Å². The summed E-state index contributed by atoms with van der Waals surface area (Å²) in [5.74, 6) is 0.469. The predicted molar refractivity (Wildman–Crippen MR) is 126 cm³/mol. The van der Waals surface area contributed by atoms with E-state index in [-0.39, 0.29) is 28.5 Å². The topological polar surface area (TPSA) is 96.6 Å². The largest absolute Gasteiger partial charge is 0.411 e. The van der Waals surface area contributed by atoms with E-state index in [1.807, 2.05) is 30.0 Å². The quantitative estimate of drug-likeness (QED) is 0.493. The van der Waals surface area contributed by atoms with Crippen molar-refractivity contribution in [1.29, 1.82) is 0 Å². The molecule has 172 valence electrons. The first-order chi connectivity index (χ1) is 15.9. The molecule has 1 fully saturated rings. The van der Waals surface area contributed by atoms with Gasteiger partial charge >= 0.3 is 0 Å². The fourth-order valence-corrected chi connectivity index (χ4v) is 6.51. The summed E-state index contributed by atoms with van der Waals surface area (Å²) < 4.78 is 32.6. The van der Waals surface area contributed by atoms with Crippen molar-refractivity contribution in [3.63, 3.8) is 0 Å². The number of carbonyl (C=O) groups excluding carboxylic acids is 1. The molecule has 2 aromatic carbocycles. The Hall–Kier alpha value is -2.69. The van der Waals surface area contributed by atoms with Crippen LogP contribution in [-0.4, -0.2) is 53.7 Å². The highest BCUT2D eigenvalue weighted by molar-refractivity contribution is 7.99. The summed E-state index contributed by atoms with van der Waals surface area (Å²) >= 11 is 1.20. The molecule has 1 amide bonds. The van der Waals surface area contributed by atoms with E-state index >= 15 is 0 Å². The number of fused-ring (bicyclic) bond motifs is 1. The molecular weight excluding hydrogens is 460 g/mol. The van der Waals surface area contributed by atoms with Crippen molar-refractivity contribution in [2.45, 2.75) is 42.3 Å². The first kappa shape index (κ1) is 22.1. The average molecular weight is 485 g/mol. The van der Waals surface area contributed by atoms with Gasteiger partial charge in [0.1, 0.15) is 0 Å². The van der Waals surface area contributed by atoms with Crippen LogP contribution in [0.2, 0.25) is 0 Å². The molecule has 1 saturated heterocycles. The third-order valence-electron chi connectivity index (χ3n) is 6.01. The first-order valence-electron chi connectivity index (χ1n) is 10.9. The Labute approximate surface area is 197 Å². The number of hydrogen-bond acceptors (Lipinski definition) is 7. The minimum Gasteiger partial charge on any atom is -0.411 e. The van der Waals surface area contributed by atoms with E-state index in [4.69, 9.17) is 4.42 Å². The number of anilines is 1. The van der Waals surface area contributed by atoms with Crippen LogP contribution >= 0.6 is 11.8 Å². The van der Waals surface area contributed by atoms with E-state index < -0.39 is 10.0 Å². The number of sulfonamides is 1. The second-order valence-corrected chi connectivity index (χ2v) is 11.1. The van der Waals surface area contributed by atoms with Gasteiger partial charge in [0.15, 0.2) is 0 Å². The number of hydrogen-bond donors (Lipinski definition) is 0. The SMILES string of the molecule is C[C@H]1Cc2ccccc2N1C(=O)CSc1nnc(-c2ccc(S(=O)(=O)N3CCCC3)cc2)o1. The zero-order chi connectivity index (χ0) is 23.0. The third kappa shape index (κ3) is 4.30. The van der Waals surface area contributed by atoms with Crippen LogP contribution in [0.15, 0.2) is 63.1 Å². The van der Waals surface area contributed by atoms with Gasteiger partial charge in [-0.15, -0.1) is 10.2 Å². The van der Waals surface area contributed by atoms with Crippen molar-refractivity contribution in [2.75, 3.05) is 23.7 Å². The minimum absolute atomic E-state index is 0.00586. The maximum Gasteiger partial charge on any atom is 0.277 e. The van der Waals surface area contributed by atoms with Gasteiger partial charge in [0, 0.05) is 30.4 Å². The standard InChI is InChI=1S/C23H24N4O4S2/c1-16-14-18-6-2-3-7-20(18)27(16)21(28)15-32-23-25-24-22(31-23)17-8-10-19(11-9-17)33(29,30)26-12-4-5-13-26/h2-3,6-11,16H,4-5,12-15H2,1H3/t16-/m0/s1. The zero-order valence-electron chi connectivity index (χ0n) is 18.2. The van der Waals surface area contributed by atoms with Crippen LogP contribution in [0.4, 0.5) is 5.69 Å². The molecule has 0 N–H and O–H groups in total. The summed E-state index contributed by atoms with van der Waals surface area (Å²) in [7, 11) is -3.46. The van der Waals surface area contributed by atoms with E-state index in [0.29, 0.717) is 23.9 Å². The number of rotatable bonds is 6. The van der Waals surface area contributed by atoms with Crippen LogP contribution in [0, 0.1) is 0 Å². The number of aromatic nitrogens is 2. The van der Waals surface area contributed by atoms with E-state index in [9.17, 15) is 13.2 Å². The molecule has 2 aliphatic rings. The highest BCUT2D eigenvalue weighted by Crippen LogP contribution is 2.33. The van der Waals surface area contributed by atoms with Crippen LogP contribution in [0.3, 0.4) is 0 Å². The molecule has 10 heteroatoms. The Morgan fingerprint density at radius 1 is 1.09 bits per heavy atom. The van der Waals surface area contributed by atoms with Gasteiger partial charge in [-0.25, -0.2) is 8.42 Å². The average Bonchev–Trinajstić information content (AvgIpc) is 3.57.